The van der Waals surface area contributed by atoms with E-state index in [2.05, 4.69) is 0 Å². The van der Waals surface area contributed by atoms with Gasteiger partial charge in [-0.1, -0.05) is 12.1 Å². The topological polar surface area (TPSA) is 182 Å². The summed E-state index contributed by atoms with van der Waals surface area (Å²) in [4.78, 5) is 40.0. The molecular formula is C25H26O10. The summed E-state index contributed by atoms with van der Waals surface area (Å²) in [5, 5.41) is 64.1. The van der Waals surface area contributed by atoms with Crippen LogP contribution in [0.25, 0.3) is 0 Å². The summed E-state index contributed by atoms with van der Waals surface area (Å²) in [6.45, 7) is 2.88. The molecule has 0 aromatic heterocycles. The first-order chi connectivity index (χ1) is 16.2. The van der Waals surface area contributed by atoms with Crippen molar-refractivity contribution in [3.05, 3.63) is 52.1 Å². The molecule has 35 heavy (non-hydrogen) atoms. The number of aliphatic hydroxyl groups is 5. The zero-order valence-electron chi connectivity index (χ0n) is 19.1. The van der Waals surface area contributed by atoms with Crippen molar-refractivity contribution in [2.75, 3.05) is 0 Å². The number of Topliss-reactive ketones (excluding diaryl/α,β-unsaturated/α-hetero) is 3. The van der Waals surface area contributed by atoms with E-state index in [1.807, 2.05) is 0 Å². The molecule has 186 valence electrons. The van der Waals surface area contributed by atoms with Gasteiger partial charge < -0.3 is 35.4 Å². The zero-order chi connectivity index (χ0) is 25.7. The monoisotopic (exact) mass is 486 g/mol. The molecule has 1 aromatic carbocycles. The van der Waals surface area contributed by atoms with E-state index in [1.165, 1.54) is 19.1 Å². The minimum absolute atomic E-state index is 0.0605. The lowest BCUT2D eigenvalue weighted by molar-refractivity contribution is -0.183. The van der Waals surface area contributed by atoms with Crippen molar-refractivity contribution in [2.24, 2.45) is 0 Å². The van der Waals surface area contributed by atoms with Gasteiger partial charge in [-0.15, -0.1) is 0 Å². The van der Waals surface area contributed by atoms with Gasteiger partial charge in [-0.2, -0.15) is 0 Å². The number of hydrogen-bond donors (Lipinski definition) is 6. The maximum absolute atomic E-state index is 13.5. The number of ketones is 3. The highest BCUT2D eigenvalue weighted by molar-refractivity contribution is 6.31. The quantitative estimate of drug-likeness (QED) is 0.311. The molecule has 10 heteroatoms. The summed E-state index contributed by atoms with van der Waals surface area (Å²) in [5.41, 5.74) is -8.12. The minimum Gasteiger partial charge on any atom is -0.507 e. The molecule has 10 nitrogen and oxygen atoms in total. The van der Waals surface area contributed by atoms with Crippen molar-refractivity contribution in [1.82, 2.24) is 0 Å². The average molecular weight is 486 g/mol. The van der Waals surface area contributed by atoms with Gasteiger partial charge >= 0.3 is 0 Å². The predicted molar refractivity (Wildman–Crippen MR) is 118 cm³/mol. The number of aliphatic hydroxyl groups excluding tert-OH is 2. The Morgan fingerprint density at radius 3 is 2.40 bits per heavy atom. The van der Waals surface area contributed by atoms with Crippen LogP contribution in [0.2, 0.25) is 0 Å². The van der Waals surface area contributed by atoms with Crippen molar-refractivity contribution < 1.29 is 49.8 Å². The number of carbonyl (C=O) groups is 3. The zero-order valence-corrected chi connectivity index (χ0v) is 19.1. The van der Waals surface area contributed by atoms with Crippen LogP contribution in [0.3, 0.4) is 0 Å². The normalized spacial score (nSPS) is 40.9. The van der Waals surface area contributed by atoms with E-state index < -0.39 is 82.7 Å². The Hall–Kier alpha value is -2.73. The van der Waals surface area contributed by atoms with E-state index in [-0.39, 0.29) is 28.7 Å². The molecule has 0 radical (unpaired) electrons. The highest BCUT2D eigenvalue weighted by atomic mass is 16.5. The Kier molecular flexibility index (Phi) is 5.06. The molecule has 6 N–H and O–H groups in total. The van der Waals surface area contributed by atoms with Crippen LogP contribution in [0, 0.1) is 0 Å². The third-order valence-electron chi connectivity index (χ3n) is 7.59. The van der Waals surface area contributed by atoms with Crippen LogP contribution < -0.4 is 0 Å². The summed E-state index contributed by atoms with van der Waals surface area (Å²) >= 11 is 0. The van der Waals surface area contributed by atoms with Gasteiger partial charge in [0.1, 0.15) is 17.5 Å². The Balaban J connectivity index is 1.62. The number of aromatic hydroxyl groups is 1. The maximum atomic E-state index is 13.5. The van der Waals surface area contributed by atoms with Gasteiger partial charge in [-0.05, 0) is 26.0 Å². The standard InChI is InChI=1S/C25H26O10/c1-10-19(28)14(26)7-15(35-10)11-3-4-12-17(20(11)29)21(30)13-5-6-24(33)9-23(2,32)8-16(27)25(24,34)18(13)22(12)31/h3-6,10,14-15,19,26,28-29,32-34H,7-9H2,1-2H3/t10-,14-,15-,19-,23?,24+,25+/m1/s1. The Morgan fingerprint density at radius 1 is 1.06 bits per heavy atom. The molecule has 0 amide bonds. The van der Waals surface area contributed by atoms with Crippen molar-refractivity contribution in [3.63, 3.8) is 0 Å². The van der Waals surface area contributed by atoms with Crippen LogP contribution in [-0.2, 0) is 9.53 Å². The Labute approximate surface area is 199 Å². The first-order valence-electron chi connectivity index (χ1n) is 11.3. The van der Waals surface area contributed by atoms with Gasteiger partial charge in [0.05, 0.1) is 35.0 Å². The third-order valence-corrected chi connectivity index (χ3v) is 7.59. The van der Waals surface area contributed by atoms with E-state index in [0.29, 0.717) is 0 Å². The van der Waals surface area contributed by atoms with Gasteiger partial charge in [0.25, 0.3) is 0 Å². The van der Waals surface area contributed by atoms with Gasteiger partial charge in [0.2, 0.25) is 0 Å². The second-order valence-corrected chi connectivity index (χ2v) is 10.2. The number of hydrogen-bond acceptors (Lipinski definition) is 10. The van der Waals surface area contributed by atoms with E-state index in [1.54, 1.807) is 6.92 Å². The molecule has 3 aliphatic carbocycles. The molecule has 5 rings (SSSR count). The molecular weight excluding hydrogens is 460 g/mol. The van der Waals surface area contributed by atoms with Crippen molar-refractivity contribution in [3.8, 4) is 5.75 Å². The molecule has 1 saturated heterocycles. The molecule has 0 bridgehead atoms. The number of rotatable bonds is 1. The molecule has 1 saturated carbocycles. The van der Waals surface area contributed by atoms with E-state index in [9.17, 15) is 45.0 Å². The predicted octanol–water partition coefficient (Wildman–Crippen LogP) is -0.215. The van der Waals surface area contributed by atoms with E-state index in [0.717, 1.165) is 12.2 Å². The number of ether oxygens (including phenoxy) is 1. The number of phenolic OH excluding ortho intramolecular Hbond substituents is 1. The fraction of sp³-hybridized carbons (Fsp3) is 0.480. The molecule has 0 spiro atoms. The van der Waals surface area contributed by atoms with Crippen molar-refractivity contribution in [1.29, 1.82) is 0 Å². The van der Waals surface area contributed by atoms with Gasteiger partial charge in [-0.3, -0.25) is 14.4 Å². The number of fused-ring (bicyclic) bond motifs is 3. The van der Waals surface area contributed by atoms with Crippen LogP contribution in [0.5, 0.6) is 5.75 Å². The smallest absolute Gasteiger partial charge is 0.198 e. The lowest BCUT2D eigenvalue weighted by atomic mass is 9.57. The first-order valence-corrected chi connectivity index (χ1v) is 11.3. The summed E-state index contributed by atoms with van der Waals surface area (Å²) in [5.74, 6) is -3.30. The maximum Gasteiger partial charge on any atom is 0.198 e. The Bertz CT molecular complexity index is 1230. The Morgan fingerprint density at radius 2 is 1.74 bits per heavy atom. The number of allylic oxidation sites excluding steroid dienone is 2. The molecule has 2 fully saturated rings. The SMILES string of the molecule is C[C@H]1O[C@@H](c2ccc3c(c2O)C(=O)C2=C(C3=O)[C@@]3(O)C(=O)CC(C)(O)C[C@@]3(O)C=C2)C[C@@H](O)[C@@H]1O. The molecule has 1 unspecified atom stereocenters. The second kappa shape index (κ2) is 7.39. The molecule has 1 aromatic rings. The highest BCUT2D eigenvalue weighted by Crippen LogP contribution is 2.51. The molecule has 4 aliphatic rings. The average Bonchev–Trinajstić information content (AvgIpc) is 2.75. The van der Waals surface area contributed by atoms with Crippen molar-refractivity contribution in [2.45, 2.75) is 74.3 Å². The van der Waals surface area contributed by atoms with Crippen LogP contribution in [0.1, 0.15) is 65.5 Å². The highest BCUT2D eigenvalue weighted by Gasteiger charge is 2.66. The molecule has 1 heterocycles. The van der Waals surface area contributed by atoms with E-state index in [4.69, 9.17) is 4.74 Å². The van der Waals surface area contributed by atoms with Crippen LogP contribution in [0.15, 0.2) is 35.4 Å². The number of carbonyl (C=O) groups excluding carboxylic acids is 3. The fourth-order valence-corrected chi connectivity index (χ4v) is 5.82. The second-order valence-electron chi connectivity index (χ2n) is 10.2. The van der Waals surface area contributed by atoms with Gasteiger partial charge in [0.15, 0.2) is 23.0 Å². The number of benzene rings is 1. The molecule has 7 atom stereocenters. The lowest BCUT2D eigenvalue weighted by Crippen LogP contribution is -2.69. The van der Waals surface area contributed by atoms with Crippen LogP contribution in [-0.4, -0.2) is 83.1 Å². The van der Waals surface area contributed by atoms with Crippen LogP contribution >= 0.6 is 0 Å². The fourth-order valence-electron chi connectivity index (χ4n) is 5.82. The van der Waals surface area contributed by atoms with Gasteiger partial charge in [-0.25, -0.2) is 0 Å². The van der Waals surface area contributed by atoms with Gasteiger partial charge in [0, 0.05) is 36.0 Å². The van der Waals surface area contributed by atoms with Crippen molar-refractivity contribution >= 4 is 17.3 Å². The lowest BCUT2D eigenvalue weighted by Gasteiger charge is -2.51. The first kappa shape index (κ1) is 24.0. The van der Waals surface area contributed by atoms with Crippen LogP contribution in [0.4, 0.5) is 0 Å². The number of phenols is 1. The minimum atomic E-state index is -2.75. The third kappa shape index (κ3) is 3.15. The largest absolute Gasteiger partial charge is 0.507 e. The molecule has 1 aliphatic heterocycles. The summed E-state index contributed by atoms with van der Waals surface area (Å²) in [6, 6.07) is 2.60. The van der Waals surface area contributed by atoms with E-state index >= 15 is 0 Å². The summed E-state index contributed by atoms with van der Waals surface area (Å²) in [6.07, 6.45) is -2.78. The summed E-state index contributed by atoms with van der Waals surface area (Å²) < 4.78 is 5.70. The summed E-state index contributed by atoms with van der Waals surface area (Å²) in [7, 11) is 0.